The van der Waals surface area contributed by atoms with Crippen LogP contribution in [0.1, 0.15) is 6.92 Å². The zero-order valence-corrected chi connectivity index (χ0v) is 8.58. The highest BCUT2D eigenvalue weighted by molar-refractivity contribution is 7.85. The Morgan fingerprint density at radius 3 is 2.85 bits per heavy atom. The van der Waals surface area contributed by atoms with E-state index in [0.717, 1.165) is 6.26 Å². The Bertz CT molecular complexity index is 281. The van der Waals surface area contributed by atoms with Crippen molar-refractivity contribution >= 4 is 10.1 Å². The minimum Gasteiger partial charge on any atom is -0.370 e. The van der Waals surface area contributed by atoms with Gasteiger partial charge in [-0.15, -0.1) is 0 Å². The predicted molar refractivity (Wildman–Crippen MR) is 48.8 cm³/mol. The predicted octanol–water partition coefficient (Wildman–Crippen LogP) is 0.554. The molecule has 0 aromatic rings. The Kier molecular flexibility index (Phi) is 3.47. The third-order valence-electron chi connectivity index (χ3n) is 1.82. The Morgan fingerprint density at radius 2 is 2.38 bits per heavy atom. The molecule has 0 aromatic carbocycles. The fourth-order valence-corrected chi connectivity index (χ4v) is 1.55. The van der Waals surface area contributed by atoms with Gasteiger partial charge in [0.05, 0.1) is 25.6 Å². The van der Waals surface area contributed by atoms with E-state index < -0.39 is 10.1 Å². The molecule has 0 amide bonds. The first-order chi connectivity index (χ1) is 5.99. The fraction of sp³-hybridized carbons (Fsp3) is 0.750. The molecular formula is C8H14O4S. The summed E-state index contributed by atoms with van der Waals surface area (Å²) in [7, 11) is -3.33. The van der Waals surface area contributed by atoms with Gasteiger partial charge in [0.15, 0.2) is 0 Å². The van der Waals surface area contributed by atoms with E-state index >= 15 is 0 Å². The largest absolute Gasteiger partial charge is 0.370 e. The molecule has 0 saturated carbocycles. The van der Waals surface area contributed by atoms with Crippen molar-refractivity contribution in [2.45, 2.75) is 13.0 Å². The number of rotatable bonds is 4. The molecule has 5 heteroatoms. The lowest BCUT2D eigenvalue weighted by atomic mass is 10.1. The van der Waals surface area contributed by atoms with Crippen molar-refractivity contribution in [3.8, 4) is 0 Å². The van der Waals surface area contributed by atoms with Crippen LogP contribution in [0.2, 0.25) is 0 Å². The lowest BCUT2D eigenvalue weighted by Crippen LogP contribution is -2.22. The van der Waals surface area contributed by atoms with Crippen molar-refractivity contribution in [1.82, 2.24) is 0 Å². The van der Waals surface area contributed by atoms with Gasteiger partial charge in [0.25, 0.3) is 10.1 Å². The summed E-state index contributed by atoms with van der Waals surface area (Å²) >= 11 is 0. The normalized spacial score (nSPS) is 24.9. The van der Waals surface area contributed by atoms with Crippen LogP contribution in [0.4, 0.5) is 0 Å². The first-order valence-electron chi connectivity index (χ1n) is 4.12. The summed E-state index contributed by atoms with van der Waals surface area (Å²) in [5.41, 5.74) is 0. The van der Waals surface area contributed by atoms with Gasteiger partial charge in [-0.3, -0.25) is 4.18 Å². The quantitative estimate of drug-likeness (QED) is 0.498. The second kappa shape index (κ2) is 4.21. The lowest BCUT2D eigenvalue weighted by molar-refractivity contribution is 0.0672. The smallest absolute Gasteiger partial charge is 0.264 e. The maximum Gasteiger partial charge on any atom is 0.264 e. The van der Waals surface area contributed by atoms with Gasteiger partial charge in [-0.1, -0.05) is 19.1 Å². The highest BCUT2D eigenvalue weighted by Gasteiger charge is 2.19. The van der Waals surface area contributed by atoms with Gasteiger partial charge < -0.3 is 4.74 Å². The second-order valence-corrected chi connectivity index (χ2v) is 4.84. The average Bonchev–Trinajstić information content (AvgIpc) is 2.50. The van der Waals surface area contributed by atoms with Crippen LogP contribution >= 0.6 is 0 Å². The van der Waals surface area contributed by atoms with Crippen LogP contribution in [0.3, 0.4) is 0 Å². The second-order valence-electron chi connectivity index (χ2n) is 3.19. The van der Waals surface area contributed by atoms with Crippen molar-refractivity contribution in [1.29, 1.82) is 0 Å². The molecule has 0 aliphatic carbocycles. The van der Waals surface area contributed by atoms with E-state index in [1.165, 1.54) is 0 Å². The van der Waals surface area contributed by atoms with Gasteiger partial charge in [0.1, 0.15) is 0 Å². The minimum atomic E-state index is -3.33. The van der Waals surface area contributed by atoms with Crippen LogP contribution in [0.25, 0.3) is 0 Å². The van der Waals surface area contributed by atoms with Crippen LogP contribution < -0.4 is 0 Å². The molecular weight excluding hydrogens is 192 g/mol. The van der Waals surface area contributed by atoms with Crippen molar-refractivity contribution in [2.24, 2.45) is 5.92 Å². The van der Waals surface area contributed by atoms with Gasteiger partial charge >= 0.3 is 0 Å². The highest BCUT2D eigenvalue weighted by Crippen LogP contribution is 2.14. The number of ether oxygens (including phenoxy) is 1. The average molecular weight is 206 g/mol. The molecule has 1 aliphatic rings. The summed E-state index contributed by atoms with van der Waals surface area (Å²) in [5, 5.41) is 0. The van der Waals surface area contributed by atoms with Crippen molar-refractivity contribution in [2.75, 3.05) is 19.5 Å². The summed E-state index contributed by atoms with van der Waals surface area (Å²) < 4.78 is 31.3. The van der Waals surface area contributed by atoms with E-state index in [1.54, 1.807) is 0 Å². The maximum absolute atomic E-state index is 10.7. The molecule has 1 rings (SSSR count). The first kappa shape index (κ1) is 10.7. The molecule has 0 spiro atoms. The SMILES string of the molecule is C[C@H](COS(C)(=O)=O)C1C=CCO1. The van der Waals surface area contributed by atoms with Gasteiger partial charge in [-0.2, -0.15) is 8.42 Å². The Balaban J connectivity index is 2.33. The minimum absolute atomic E-state index is 0.0123. The Hall–Kier alpha value is -0.390. The van der Waals surface area contributed by atoms with Gasteiger partial charge in [-0.25, -0.2) is 0 Å². The Morgan fingerprint density at radius 1 is 1.69 bits per heavy atom. The van der Waals surface area contributed by atoms with Crippen LogP contribution in [0, 0.1) is 5.92 Å². The van der Waals surface area contributed by atoms with Crippen LogP contribution in [-0.4, -0.2) is 34.0 Å². The fourth-order valence-electron chi connectivity index (χ4n) is 1.09. The summed E-state index contributed by atoms with van der Waals surface area (Å²) in [6, 6.07) is 0. The molecule has 0 aromatic heterocycles. The molecule has 0 saturated heterocycles. The van der Waals surface area contributed by atoms with E-state index in [9.17, 15) is 8.42 Å². The molecule has 1 heterocycles. The van der Waals surface area contributed by atoms with E-state index in [4.69, 9.17) is 4.74 Å². The van der Waals surface area contributed by atoms with Crippen LogP contribution in [0.5, 0.6) is 0 Å². The summed E-state index contributed by atoms with van der Waals surface area (Å²) in [6.07, 6.45) is 4.88. The molecule has 1 unspecified atom stereocenters. The molecule has 0 radical (unpaired) electrons. The van der Waals surface area contributed by atoms with E-state index in [1.807, 2.05) is 19.1 Å². The van der Waals surface area contributed by atoms with Crippen LogP contribution in [0.15, 0.2) is 12.2 Å². The van der Waals surface area contributed by atoms with E-state index in [2.05, 4.69) is 4.18 Å². The zero-order chi connectivity index (χ0) is 9.90. The molecule has 13 heavy (non-hydrogen) atoms. The molecule has 1 aliphatic heterocycles. The molecule has 2 atom stereocenters. The standard InChI is InChI=1S/C8H14O4S/c1-7(6-12-13(2,9)10)8-4-3-5-11-8/h3-4,7-8H,5-6H2,1-2H3/t7-,8?/m1/s1. The maximum atomic E-state index is 10.7. The monoisotopic (exact) mass is 206 g/mol. The van der Waals surface area contributed by atoms with Crippen molar-refractivity contribution in [3.05, 3.63) is 12.2 Å². The summed E-state index contributed by atoms with van der Waals surface area (Å²) in [6.45, 7) is 2.67. The third kappa shape index (κ3) is 3.89. The van der Waals surface area contributed by atoms with Crippen LogP contribution in [-0.2, 0) is 19.0 Å². The summed E-state index contributed by atoms with van der Waals surface area (Å²) in [4.78, 5) is 0. The molecule has 0 bridgehead atoms. The third-order valence-corrected chi connectivity index (χ3v) is 2.38. The first-order valence-corrected chi connectivity index (χ1v) is 5.93. The summed E-state index contributed by atoms with van der Waals surface area (Å²) in [5.74, 6) is 0.0634. The molecule has 76 valence electrons. The number of hydrogen-bond donors (Lipinski definition) is 0. The topological polar surface area (TPSA) is 52.6 Å². The van der Waals surface area contributed by atoms with Crippen molar-refractivity contribution < 1.29 is 17.3 Å². The van der Waals surface area contributed by atoms with E-state index in [-0.39, 0.29) is 18.6 Å². The van der Waals surface area contributed by atoms with Crippen molar-refractivity contribution in [3.63, 3.8) is 0 Å². The zero-order valence-electron chi connectivity index (χ0n) is 7.76. The lowest BCUT2D eigenvalue weighted by Gasteiger charge is -2.16. The van der Waals surface area contributed by atoms with Gasteiger partial charge in [-0.05, 0) is 0 Å². The molecule has 0 N–H and O–H groups in total. The molecule has 0 fully saturated rings. The van der Waals surface area contributed by atoms with E-state index in [0.29, 0.717) is 6.61 Å². The Labute approximate surface area is 78.7 Å². The molecule has 4 nitrogen and oxygen atoms in total. The highest BCUT2D eigenvalue weighted by atomic mass is 32.2. The number of hydrogen-bond acceptors (Lipinski definition) is 4. The van der Waals surface area contributed by atoms with Gasteiger partial charge in [0.2, 0.25) is 0 Å². The van der Waals surface area contributed by atoms with Gasteiger partial charge in [0, 0.05) is 5.92 Å².